The lowest BCUT2D eigenvalue weighted by atomic mass is 10.2. The molecule has 0 unspecified atom stereocenters. The summed E-state index contributed by atoms with van der Waals surface area (Å²) in [5.74, 6) is 0. The van der Waals surface area contributed by atoms with Gasteiger partial charge in [-0.25, -0.2) is 9.78 Å². The van der Waals surface area contributed by atoms with Crippen molar-refractivity contribution in [2.45, 2.75) is 20.3 Å². The van der Waals surface area contributed by atoms with E-state index in [9.17, 15) is 14.9 Å². The second kappa shape index (κ2) is 7.69. The van der Waals surface area contributed by atoms with Crippen LogP contribution in [-0.4, -0.2) is 47.0 Å². The second-order valence-electron chi connectivity index (χ2n) is 6.29. The highest BCUT2D eigenvalue weighted by Gasteiger charge is 2.21. The molecule has 8 nitrogen and oxygen atoms in total. The van der Waals surface area contributed by atoms with E-state index in [1.54, 1.807) is 35.3 Å². The van der Waals surface area contributed by atoms with Crippen LogP contribution in [0.5, 0.6) is 0 Å². The minimum atomic E-state index is -0.440. The number of hydrogen-bond acceptors (Lipinski definition) is 6. The number of aromatic nitrogens is 1. The Morgan fingerprint density at radius 1 is 1.27 bits per heavy atom. The van der Waals surface area contributed by atoms with Crippen molar-refractivity contribution >= 4 is 33.9 Å². The standard InChI is InChI=1S/C17H21N5O3S/c1-12-4-5-14(10-15(12)22(24)25)19-16(23)20-6-3-7-21(9-8-20)17-18-13(2)11-26-17/h4-5,10-11H,3,6-9H2,1-2H3,(H,19,23). The number of carbonyl (C=O) groups excluding carboxylic acids is 1. The fourth-order valence-corrected chi connectivity index (χ4v) is 3.74. The number of carbonyl (C=O) groups is 1. The molecule has 0 aliphatic carbocycles. The van der Waals surface area contributed by atoms with Crippen molar-refractivity contribution in [1.82, 2.24) is 9.88 Å². The molecule has 2 heterocycles. The number of nitrogens with one attached hydrogen (secondary N) is 1. The third-order valence-corrected chi connectivity index (χ3v) is 5.34. The van der Waals surface area contributed by atoms with Crippen molar-refractivity contribution < 1.29 is 9.72 Å². The lowest BCUT2D eigenvalue weighted by Gasteiger charge is -2.22. The molecule has 1 N–H and O–H groups in total. The molecule has 1 saturated heterocycles. The minimum Gasteiger partial charge on any atom is -0.346 e. The normalized spacial score (nSPS) is 14.8. The van der Waals surface area contributed by atoms with Gasteiger partial charge in [0.25, 0.3) is 5.69 Å². The Morgan fingerprint density at radius 2 is 2.08 bits per heavy atom. The van der Waals surface area contributed by atoms with Gasteiger partial charge >= 0.3 is 6.03 Å². The molecule has 1 aromatic heterocycles. The molecule has 26 heavy (non-hydrogen) atoms. The Balaban J connectivity index is 1.63. The van der Waals surface area contributed by atoms with Crippen LogP contribution >= 0.6 is 11.3 Å². The van der Waals surface area contributed by atoms with Crippen LogP contribution in [0.3, 0.4) is 0 Å². The molecule has 0 bridgehead atoms. The van der Waals surface area contributed by atoms with Crippen molar-refractivity contribution in [1.29, 1.82) is 0 Å². The summed E-state index contributed by atoms with van der Waals surface area (Å²) in [6.45, 7) is 6.44. The van der Waals surface area contributed by atoms with E-state index in [2.05, 4.69) is 15.2 Å². The summed E-state index contributed by atoms with van der Waals surface area (Å²) < 4.78 is 0. The van der Waals surface area contributed by atoms with Gasteiger partial charge in [-0.05, 0) is 26.3 Å². The van der Waals surface area contributed by atoms with Crippen molar-refractivity contribution in [3.8, 4) is 0 Å². The molecule has 138 valence electrons. The molecule has 3 rings (SSSR count). The predicted octanol–water partition coefficient (Wildman–Crippen LogP) is 3.41. The molecule has 2 aromatic rings. The largest absolute Gasteiger partial charge is 0.346 e. The van der Waals surface area contributed by atoms with Crippen LogP contribution in [0.15, 0.2) is 23.6 Å². The summed E-state index contributed by atoms with van der Waals surface area (Å²) in [5, 5.41) is 16.8. The molecule has 1 aliphatic rings. The highest BCUT2D eigenvalue weighted by molar-refractivity contribution is 7.13. The van der Waals surface area contributed by atoms with Crippen LogP contribution in [0.1, 0.15) is 17.7 Å². The first-order valence-corrected chi connectivity index (χ1v) is 9.30. The zero-order chi connectivity index (χ0) is 18.7. The average molecular weight is 375 g/mol. The first-order valence-electron chi connectivity index (χ1n) is 8.42. The molecular weight excluding hydrogens is 354 g/mol. The van der Waals surface area contributed by atoms with Gasteiger partial charge in [-0.2, -0.15) is 0 Å². The van der Waals surface area contributed by atoms with Gasteiger partial charge in [0, 0.05) is 48.9 Å². The topological polar surface area (TPSA) is 91.6 Å². The Bertz CT molecular complexity index is 822. The molecule has 0 spiro atoms. The Morgan fingerprint density at radius 3 is 2.77 bits per heavy atom. The number of hydrogen-bond donors (Lipinski definition) is 1. The van der Waals surface area contributed by atoms with Gasteiger partial charge in [-0.1, -0.05) is 6.07 Å². The Labute approximate surface area is 155 Å². The summed E-state index contributed by atoms with van der Waals surface area (Å²) >= 11 is 1.62. The van der Waals surface area contributed by atoms with Crippen molar-refractivity contribution in [2.24, 2.45) is 0 Å². The second-order valence-corrected chi connectivity index (χ2v) is 7.12. The van der Waals surface area contributed by atoms with Gasteiger partial charge in [0.05, 0.1) is 10.6 Å². The number of nitro groups is 1. The van der Waals surface area contributed by atoms with Crippen molar-refractivity contribution in [3.05, 3.63) is 45.0 Å². The zero-order valence-corrected chi connectivity index (χ0v) is 15.6. The van der Waals surface area contributed by atoms with Crippen LogP contribution in [0.2, 0.25) is 0 Å². The zero-order valence-electron chi connectivity index (χ0n) is 14.8. The van der Waals surface area contributed by atoms with E-state index in [1.807, 2.05) is 12.3 Å². The van der Waals surface area contributed by atoms with Gasteiger partial charge in [0.1, 0.15) is 0 Å². The smallest absolute Gasteiger partial charge is 0.321 e. The van der Waals surface area contributed by atoms with Crippen molar-refractivity contribution in [3.63, 3.8) is 0 Å². The van der Waals surface area contributed by atoms with Crippen LogP contribution in [0, 0.1) is 24.0 Å². The number of amides is 2. The third-order valence-electron chi connectivity index (χ3n) is 4.32. The number of nitrogens with zero attached hydrogens (tertiary/aromatic N) is 4. The van der Waals surface area contributed by atoms with Gasteiger partial charge < -0.3 is 15.1 Å². The first kappa shape index (κ1) is 18.1. The summed E-state index contributed by atoms with van der Waals surface area (Å²) in [7, 11) is 0. The molecule has 9 heteroatoms. The molecule has 2 amide bonds. The highest BCUT2D eigenvalue weighted by Crippen LogP contribution is 2.24. The monoisotopic (exact) mass is 375 g/mol. The maximum Gasteiger partial charge on any atom is 0.321 e. The maximum atomic E-state index is 12.5. The number of urea groups is 1. The van der Waals surface area contributed by atoms with E-state index in [0.717, 1.165) is 23.8 Å². The average Bonchev–Trinajstić information content (AvgIpc) is 2.89. The van der Waals surface area contributed by atoms with Gasteiger partial charge in [-0.15, -0.1) is 11.3 Å². The van der Waals surface area contributed by atoms with Crippen LogP contribution in [0.4, 0.5) is 21.3 Å². The van der Waals surface area contributed by atoms with Crippen LogP contribution in [0.25, 0.3) is 0 Å². The van der Waals surface area contributed by atoms with Gasteiger partial charge in [0.2, 0.25) is 0 Å². The van der Waals surface area contributed by atoms with Crippen molar-refractivity contribution in [2.75, 3.05) is 36.4 Å². The van der Waals surface area contributed by atoms with E-state index in [0.29, 0.717) is 30.9 Å². The third kappa shape index (κ3) is 4.10. The molecule has 1 aromatic carbocycles. The molecule has 1 fully saturated rings. The Hall–Kier alpha value is -2.68. The lowest BCUT2D eigenvalue weighted by Crippen LogP contribution is -2.38. The summed E-state index contributed by atoms with van der Waals surface area (Å²) in [5.41, 5.74) is 2.01. The maximum absolute atomic E-state index is 12.5. The van der Waals surface area contributed by atoms with Crippen LogP contribution < -0.4 is 10.2 Å². The fraction of sp³-hybridized carbons (Fsp3) is 0.412. The number of aryl methyl sites for hydroxylation is 2. The lowest BCUT2D eigenvalue weighted by molar-refractivity contribution is -0.385. The minimum absolute atomic E-state index is 0.00369. The quantitative estimate of drug-likeness (QED) is 0.656. The number of thiazole rings is 1. The first-order chi connectivity index (χ1) is 12.4. The summed E-state index contributed by atoms with van der Waals surface area (Å²) in [6.07, 6.45) is 0.847. The molecular formula is C17H21N5O3S. The van der Waals surface area contributed by atoms with E-state index in [4.69, 9.17) is 0 Å². The summed E-state index contributed by atoms with van der Waals surface area (Å²) in [6, 6.07) is 4.49. The molecule has 0 radical (unpaired) electrons. The SMILES string of the molecule is Cc1csc(N2CCCN(C(=O)Nc3ccc(C)c([N+](=O)[O-])c3)CC2)n1. The highest BCUT2D eigenvalue weighted by atomic mass is 32.1. The molecule has 0 saturated carbocycles. The van der Waals surface area contributed by atoms with Gasteiger partial charge in [0.15, 0.2) is 5.13 Å². The van der Waals surface area contributed by atoms with E-state index in [1.165, 1.54) is 6.07 Å². The number of rotatable bonds is 3. The van der Waals surface area contributed by atoms with E-state index >= 15 is 0 Å². The molecule has 1 aliphatic heterocycles. The van der Waals surface area contributed by atoms with E-state index < -0.39 is 4.92 Å². The van der Waals surface area contributed by atoms with Crippen LogP contribution in [-0.2, 0) is 0 Å². The fourth-order valence-electron chi connectivity index (χ4n) is 2.89. The number of nitro benzene ring substituents is 1. The van der Waals surface area contributed by atoms with E-state index in [-0.39, 0.29) is 11.7 Å². The number of benzene rings is 1. The van der Waals surface area contributed by atoms with Gasteiger partial charge in [-0.3, -0.25) is 10.1 Å². The Kier molecular flexibility index (Phi) is 5.36. The number of anilines is 2. The predicted molar refractivity (Wildman–Crippen MR) is 102 cm³/mol. The summed E-state index contributed by atoms with van der Waals surface area (Å²) in [4.78, 5) is 31.6. The molecule has 0 atom stereocenters.